The zero-order valence-electron chi connectivity index (χ0n) is 9.76. The van der Waals surface area contributed by atoms with Gasteiger partial charge in [-0.2, -0.15) is 0 Å². The molecule has 17 heavy (non-hydrogen) atoms. The summed E-state index contributed by atoms with van der Waals surface area (Å²) >= 11 is 0. The molecule has 0 aromatic heterocycles. The molecule has 0 radical (unpaired) electrons. The van der Waals surface area contributed by atoms with Gasteiger partial charge in [0.05, 0.1) is 18.8 Å². The van der Waals surface area contributed by atoms with Gasteiger partial charge < -0.3 is 14.6 Å². The van der Waals surface area contributed by atoms with Crippen LogP contribution in [0.3, 0.4) is 0 Å². The van der Waals surface area contributed by atoms with Crippen LogP contribution < -0.4 is 4.74 Å². The molecular formula is C13H16O4. The molecule has 1 N–H and O–H groups in total. The number of rotatable bonds is 3. The van der Waals surface area contributed by atoms with E-state index in [1.807, 2.05) is 0 Å². The Morgan fingerprint density at radius 3 is 2.88 bits per heavy atom. The van der Waals surface area contributed by atoms with Crippen LogP contribution in [0.5, 0.6) is 5.75 Å². The van der Waals surface area contributed by atoms with Crippen LogP contribution in [0, 0.1) is 0 Å². The molecule has 1 saturated carbocycles. The van der Waals surface area contributed by atoms with E-state index in [9.17, 15) is 9.90 Å². The summed E-state index contributed by atoms with van der Waals surface area (Å²) in [6, 6.07) is 6.91. The third-order valence-corrected chi connectivity index (χ3v) is 2.91. The van der Waals surface area contributed by atoms with E-state index >= 15 is 0 Å². The van der Waals surface area contributed by atoms with Crippen LogP contribution in [0.25, 0.3) is 0 Å². The van der Waals surface area contributed by atoms with Gasteiger partial charge in [-0.15, -0.1) is 0 Å². The Morgan fingerprint density at radius 2 is 2.24 bits per heavy atom. The van der Waals surface area contributed by atoms with Crippen LogP contribution in [0.2, 0.25) is 0 Å². The lowest BCUT2D eigenvalue weighted by Gasteiger charge is -2.13. The molecule has 1 aromatic rings. The van der Waals surface area contributed by atoms with Crippen LogP contribution in [-0.4, -0.2) is 30.4 Å². The molecule has 0 spiro atoms. The molecule has 2 atom stereocenters. The lowest BCUT2D eigenvalue weighted by atomic mass is 10.2. The molecule has 4 nitrogen and oxygen atoms in total. The van der Waals surface area contributed by atoms with E-state index in [4.69, 9.17) is 4.74 Å². The summed E-state index contributed by atoms with van der Waals surface area (Å²) in [7, 11) is 1.35. The lowest BCUT2D eigenvalue weighted by molar-refractivity contribution is 0.0599. The molecule has 1 aliphatic carbocycles. The molecule has 2 rings (SSSR count). The number of carbonyl (C=O) groups excluding carboxylic acids is 1. The summed E-state index contributed by atoms with van der Waals surface area (Å²) in [5, 5.41) is 9.40. The predicted molar refractivity (Wildman–Crippen MR) is 62.1 cm³/mol. The zero-order chi connectivity index (χ0) is 12.3. The van der Waals surface area contributed by atoms with Crippen LogP contribution >= 0.6 is 0 Å². The van der Waals surface area contributed by atoms with Gasteiger partial charge in [-0.3, -0.25) is 0 Å². The molecule has 1 aliphatic rings. The molecule has 0 bridgehead atoms. The van der Waals surface area contributed by atoms with E-state index in [1.165, 1.54) is 7.11 Å². The average molecular weight is 236 g/mol. The van der Waals surface area contributed by atoms with Gasteiger partial charge in [-0.05, 0) is 31.0 Å². The second-order valence-electron chi connectivity index (χ2n) is 4.23. The third kappa shape index (κ3) is 2.97. The second kappa shape index (κ2) is 5.19. The van der Waals surface area contributed by atoms with Crippen molar-refractivity contribution in [3.05, 3.63) is 29.8 Å². The number of hydrogen-bond acceptors (Lipinski definition) is 4. The van der Waals surface area contributed by atoms with E-state index in [1.54, 1.807) is 24.3 Å². The highest BCUT2D eigenvalue weighted by Crippen LogP contribution is 2.25. The minimum Gasteiger partial charge on any atom is -0.490 e. The summed E-state index contributed by atoms with van der Waals surface area (Å²) in [5.74, 6) is 0.272. The van der Waals surface area contributed by atoms with Gasteiger partial charge in [0.2, 0.25) is 0 Å². The third-order valence-electron chi connectivity index (χ3n) is 2.91. The molecule has 1 aromatic carbocycles. The second-order valence-corrected chi connectivity index (χ2v) is 4.23. The Labute approximate surface area is 100 Å². The van der Waals surface area contributed by atoms with Gasteiger partial charge in [-0.25, -0.2) is 4.79 Å². The first-order valence-corrected chi connectivity index (χ1v) is 5.72. The normalized spacial score (nSPS) is 23.4. The summed E-state index contributed by atoms with van der Waals surface area (Å²) in [5.41, 5.74) is 0.476. The maximum absolute atomic E-state index is 11.3. The van der Waals surface area contributed by atoms with Crippen molar-refractivity contribution in [1.29, 1.82) is 0 Å². The largest absolute Gasteiger partial charge is 0.490 e. The van der Waals surface area contributed by atoms with Gasteiger partial charge >= 0.3 is 5.97 Å². The molecule has 0 aliphatic heterocycles. The van der Waals surface area contributed by atoms with E-state index in [0.717, 1.165) is 12.8 Å². The number of aliphatic hydroxyl groups excluding tert-OH is 1. The van der Waals surface area contributed by atoms with Gasteiger partial charge in [0.1, 0.15) is 11.9 Å². The van der Waals surface area contributed by atoms with Gasteiger partial charge in [0.25, 0.3) is 0 Å². The average Bonchev–Trinajstić information content (AvgIpc) is 2.74. The summed E-state index contributed by atoms with van der Waals surface area (Å²) < 4.78 is 10.4. The predicted octanol–water partition coefficient (Wildman–Crippen LogP) is 1.77. The summed E-state index contributed by atoms with van der Waals surface area (Å²) in [4.78, 5) is 11.3. The number of methoxy groups -OCH3 is 1. The zero-order valence-corrected chi connectivity index (χ0v) is 9.76. The first kappa shape index (κ1) is 11.9. The molecular weight excluding hydrogens is 220 g/mol. The van der Waals surface area contributed by atoms with Crippen LogP contribution in [-0.2, 0) is 4.74 Å². The Morgan fingerprint density at radius 1 is 1.41 bits per heavy atom. The van der Waals surface area contributed by atoms with Gasteiger partial charge in [0.15, 0.2) is 0 Å². The first-order valence-electron chi connectivity index (χ1n) is 5.72. The number of ether oxygens (including phenoxy) is 2. The molecule has 2 unspecified atom stereocenters. The Hall–Kier alpha value is -1.55. The van der Waals surface area contributed by atoms with Crippen molar-refractivity contribution < 1.29 is 19.4 Å². The highest BCUT2D eigenvalue weighted by atomic mass is 16.5. The molecule has 1 fully saturated rings. The van der Waals surface area contributed by atoms with E-state index in [2.05, 4.69) is 4.74 Å². The maximum Gasteiger partial charge on any atom is 0.337 e. The van der Waals surface area contributed by atoms with Crippen molar-refractivity contribution in [2.75, 3.05) is 7.11 Å². The highest BCUT2D eigenvalue weighted by molar-refractivity contribution is 5.89. The number of hydrogen-bond donors (Lipinski definition) is 1. The molecule has 4 heteroatoms. The monoisotopic (exact) mass is 236 g/mol. The fourth-order valence-electron chi connectivity index (χ4n) is 2.03. The molecule has 92 valence electrons. The van der Waals surface area contributed by atoms with Crippen LogP contribution in [0.4, 0.5) is 0 Å². The molecule has 0 saturated heterocycles. The number of benzene rings is 1. The standard InChI is InChI=1S/C13H16O4/c1-16-13(15)9-3-2-4-11(7-9)17-12-6-5-10(14)8-12/h2-4,7,10,12,14H,5-6,8H2,1H3. The summed E-state index contributed by atoms with van der Waals surface area (Å²) in [6.45, 7) is 0. The van der Waals surface area contributed by atoms with Gasteiger partial charge in [0, 0.05) is 6.42 Å². The minimum absolute atomic E-state index is 0.0397. The van der Waals surface area contributed by atoms with Crippen molar-refractivity contribution in [2.24, 2.45) is 0 Å². The topological polar surface area (TPSA) is 55.8 Å². The maximum atomic E-state index is 11.3. The Kier molecular flexibility index (Phi) is 3.64. The minimum atomic E-state index is -0.373. The van der Waals surface area contributed by atoms with E-state index in [0.29, 0.717) is 17.7 Å². The fourth-order valence-corrected chi connectivity index (χ4v) is 2.03. The van der Waals surface area contributed by atoms with E-state index in [-0.39, 0.29) is 18.2 Å². The van der Waals surface area contributed by atoms with Crippen molar-refractivity contribution in [3.8, 4) is 5.75 Å². The highest BCUT2D eigenvalue weighted by Gasteiger charge is 2.24. The van der Waals surface area contributed by atoms with Crippen molar-refractivity contribution >= 4 is 5.97 Å². The van der Waals surface area contributed by atoms with Crippen molar-refractivity contribution in [1.82, 2.24) is 0 Å². The van der Waals surface area contributed by atoms with Crippen LogP contribution in [0.15, 0.2) is 24.3 Å². The number of aliphatic hydroxyl groups is 1. The van der Waals surface area contributed by atoms with Crippen molar-refractivity contribution in [2.45, 2.75) is 31.5 Å². The number of carbonyl (C=O) groups is 1. The lowest BCUT2D eigenvalue weighted by Crippen LogP contribution is -2.13. The Balaban J connectivity index is 2.03. The van der Waals surface area contributed by atoms with Gasteiger partial charge in [-0.1, -0.05) is 6.07 Å². The van der Waals surface area contributed by atoms with Crippen LogP contribution in [0.1, 0.15) is 29.6 Å². The van der Waals surface area contributed by atoms with Crippen molar-refractivity contribution in [3.63, 3.8) is 0 Å². The Bertz CT molecular complexity index is 402. The quantitative estimate of drug-likeness (QED) is 0.812. The number of esters is 1. The summed E-state index contributed by atoms with van der Waals surface area (Å²) in [6.07, 6.45) is 2.06. The molecule has 0 amide bonds. The molecule has 0 heterocycles. The van der Waals surface area contributed by atoms with E-state index < -0.39 is 0 Å². The first-order chi connectivity index (χ1) is 8.19. The smallest absolute Gasteiger partial charge is 0.337 e. The fraction of sp³-hybridized carbons (Fsp3) is 0.462. The SMILES string of the molecule is COC(=O)c1cccc(OC2CCC(O)C2)c1.